The maximum Gasteiger partial charge on any atom is 0.244 e. The maximum atomic E-state index is 12.5. The Morgan fingerprint density at radius 1 is 1.24 bits per heavy atom. The molecule has 0 aliphatic rings. The van der Waals surface area contributed by atoms with Gasteiger partial charge in [0.25, 0.3) is 0 Å². The number of benzene rings is 1. The molecular weight excluding hydrogens is 362 g/mol. The first kappa shape index (κ1) is 17.7. The van der Waals surface area contributed by atoms with Gasteiger partial charge in [-0.1, -0.05) is 17.7 Å². The number of nitrogens with one attached hydrogen (secondary N) is 1. The summed E-state index contributed by atoms with van der Waals surface area (Å²) in [5.41, 5.74) is 2.77. The molecule has 6 nitrogen and oxygen atoms in total. The Morgan fingerprint density at radius 3 is 2.80 bits per heavy atom. The second kappa shape index (κ2) is 7.03. The lowest BCUT2D eigenvalue weighted by atomic mass is 10.3. The third-order valence-corrected chi connectivity index (χ3v) is 5.45. The second-order valence-electron chi connectivity index (χ2n) is 5.65. The molecule has 0 fully saturated rings. The standard InChI is InChI=1S/C17H18ClN3O3S/c1-12-3-6-17-20-14(11-21(17)10-12)7-8-19-25(22,23)16-9-13(18)4-5-15(16)24-2/h3-6,9-11,19H,7-8H2,1-2H3. The third-order valence-electron chi connectivity index (χ3n) is 3.74. The molecule has 0 amide bonds. The molecule has 0 atom stereocenters. The van der Waals surface area contributed by atoms with E-state index in [-0.39, 0.29) is 17.2 Å². The Hall–Kier alpha value is -2.09. The van der Waals surface area contributed by atoms with E-state index < -0.39 is 10.0 Å². The molecule has 8 heteroatoms. The highest BCUT2D eigenvalue weighted by Gasteiger charge is 2.19. The zero-order valence-corrected chi connectivity index (χ0v) is 15.4. The summed E-state index contributed by atoms with van der Waals surface area (Å²) in [6.45, 7) is 2.23. The predicted molar refractivity (Wildman–Crippen MR) is 96.8 cm³/mol. The molecule has 0 aliphatic heterocycles. The van der Waals surface area contributed by atoms with Gasteiger partial charge in [-0.15, -0.1) is 0 Å². The Kier molecular flexibility index (Phi) is 4.99. The fourth-order valence-corrected chi connectivity index (χ4v) is 3.99. The number of imidazole rings is 1. The Balaban J connectivity index is 1.72. The lowest BCUT2D eigenvalue weighted by Gasteiger charge is -2.10. The van der Waals surface area contributed by atoms with E-state index in [0.29, 0.717) is 11.4 Å². The van der Waals surface area contributed by atoms with E-state index in [1.165, 1.54) is 19.2 Å². The molecule has 0 aliphatic carbocycles. The van der Waals surface area contributed by atoms with E-state index in [2.05, 4.69) is 9.71 Å². The van der Waals surface area contributed by atoms with Crippen molar-refractivity contribution in [2.75, 3.05) is 13.7 Å². The van der Waals surface area contributed by atoms with Crippen LogP contribution in [-0.2, 0) is 16.4 Å². The number of aryl methyl sites for hydroxylation is 1. The third kappa shape index (κ3) is 3.95. The number of nitrogens with zero attached hydrogens (tertiary/aromatic N) is 2. The minimum absolute atomic E-state index is 0.0214. The van der Waals surface area contributed by atoms with Crippen LogP contribution in [0.3, 0.4) is 0 Å². The van der Waals surface area contributed by atoms with Crippen molar-refractivity contribution in [3.63, 3.8) is 0 Å². The van der Waals surface area contributed by atoms with Crippen LogP contribution in [0.2, 0.25) is 5.02 Å². The number of fused-ring (bicyclic) bond motifs is 1. The quantitative estimate of drug-likeness (QED) is 0.714. The highest BCUT2D eigenvalue weighted by molar-refractivity contribution is 7.89. The van der Waals surface area contributed by atoms with Crippen molar-refractivity contribution in [2.45, 2.75) is 18.2 Å². The molecule has 3 rings (SSSR count). The second-order valence-corrected chi connectivity index (χ2v) is 7.82. The van der Waals surface area contributed by atoms with Crippen molar-refractivity contribution in [3.05, 3.63) is 59.0 Å². The molecule has 1 N–H and O–H groups in total. The van der Waals surface area contributed by atoms with Gasteiger partial charge >= 0.3 is 0 Å². The van der Waals surface area contributed by atoms with Crippen LogP contribution in [0.5, 0.6) is 5.75 Å². The molecule has 0 bridgehead atoms. The van der Waals surface area contributed by atoms with Crippen LogP contribution in [0.25, 0.3) is 5.65 Å². The van der Waals surface area contributed by atoms with Crippen LogP contribution in [0.1, 0.15) is 11.3 Å². The van der Waals surface area contributed by atoms with E-state index in [1.54, 1.807) is 6.07 Å². The molecule has 0 radical (unpaired) electrons. The SMILES string of the molecule is COc1ccc(Cl)cc1S(=O)(=O)NCCc1cn2cc(C)ccc2n1. The first-order valence-electron chi connectivity index (χ1n) is 7.66. The predicted octanol–water partition coefficient (Wildman–Crippen LogP) is 2.83. The van der Waals surface area contributed by atoms with E-state index in [1.807, 2.05) is 35.9 Å². The van der Waals surface area contributed by atoms with Crippen LogP contribution in [-0.4, -0.2) is 31.5 Å². The Labute approximate surface area is 151 Å². The van der Waals surface area contributed by atoms with Crippen molar-refractivity contribution in [1.82, 2.24) is 14.1 Å². The van der Waals surface area contributed by atoms with Gasteiger partial charge in [0, 0.05) is 30.4 Å². The van der Waals surface area contributed by atoms with Gasteiger partial charge in [0.05, 0.1) is 12.8 Å². The van der Waals surface area contributed by atoms with E-state index >= 15 is 0 Å². The fraction of sp³-hybridized carbons (Fsp3) is 0.235. The number of hydrogen-bond donors (Lipinski definition) is 1. The van der Waals surface area contributed by atoms with Gasteiger partial charge < -0.3 is 9.14 Å². The summed E-state index contributed by atoms with van der Waals surface area (Å²) in [6.07, 6.45) is 4.35. The monoisotopic (exact) mass is 379 g/mol. The topological polar surface area (TPSA) is 72.7 Å². The van der Waals surface area contributed by atoms with Gasteiger partial charge in [-0.25, -0.2) is 18.1 Å². The Morgan fingerprint density at radius 2 is 2.04 bits per heavy atom. The van der Waals surface area contributed by atoms with Crippen molar-refractivity contribution < 1.29 is 13.2 Å². The number of hydrogen-bond acceptors (Lipinski definition) is 4. The number of halogens is 1. The molecule has 132 valence electrons. The summed E-state index contributed by atoms with van der Waals surface area (Å²) in [7, 11) is -2.31. The summed E-state index contributed by atoms with van der Waals surface area (Å²) in [4.78, 5) is 4.50. The van der Waals surface area contributed by atoms with Gasteiger partial charge in [0.2, 0.25) is 10.0 Å². The number of ether oxygens (including phenoxy) is 1. The molecule has 0 saturated carbocycles. The zero-order chi connectivity index (χ0) is 18.0. The number of sulfonamides is 1. The van der Waals surface area contributed by atoms with Crippen LogP contribution < -0.4 is 9.46 Å². The highest BCUT2D eigenvalue weighted by atomic mass is 35.5. The van der Waals surface area contributed by atoms with Crippen molar-refractivity contribution in [3.8, 4) is 5.75 Å². The number of rotatable bonds is 6. The van der Waals surface area contributed by atoms with E-state index in [4.69, 9.17) is 16.3 Å². The average molecular weight is 380 g/mol. The lowest BCUT2D eigenvalue weighted by Crippen LogP contribution is -2.26. The van der Waals surface area contributed by atoms with Crippen molar-refractivity contribution in [1.29, 1.82) is 0 Å². The minimum Gasteiger partial charge on any atom is -0.495 e. The number of methoxy groups -OCH3 is 1. The number of aromatic nitrogens is 2. The van der Waals surface area contributed by atoms with Gasteiger partial charge in [0.1, 0.15) is 16.3 Å². The van der Waals surface area contributed by atoms with Crippen LogP contribution in [0.4, 0.5) is 0 Å². The van der Waals surface area contributed by atoms with E-state index in [9.17, 15) is 8.42 Å². The largest absolute Gasteiger partial charge is 0.495 e. The summed E-state index contributed by atoms with van der Waals surface area (Å²) in [5.74, 6) is 0.250. The molecule has 0 unspecified atom stereocenters. The van der Waals surface area contributed by atoms with Crippen LogP contribution in [0.15, 0.2) is 47.6 Å². The molecule has 0 spiro atoms. The number of pyridine rings is 1. The van der Waals surface area contributed by atoms with Gasteiger partial charge in [0.15, 0.2) is 0 Å². The average Bonchev–Trinajstić information content (AvgIpc) is 2.96. The molecule has 2 aromatic heterocycles. The fourth-order valence-electron chi connectivity index (χ4n) is 2.53. The van der Waals surface area contributed by atoms with Crippen molar-refractivity contribution in [2.24, 2.45) is 0 Å². The molecule has 0 saturated heterocycles. The van der Waals surface area contributed by atoms with E-state index in [0.717, 1.165) is 16.9 Å². The minimum atomic E-state index is -3.73. The van der Waals surface area contributed by atoms with Crippen LogP contribution >= 0.6 is 11.6 Å². The summed E-state index contributed by atoms with van der Waals surface area (Å²) in [5, 5.41) is 0.330. The van der Waals surface area contributed by atoms with Crippen LogP contribution in [0, 0.1) is 6.92 Å². The smallest absolute Gasteiger partial charge is 0.244 e. The highest BCUT2D eigenvalue weighted by Crippen LogP contribution is 2.26. The molecule has 2 heterocycles. The summed E-state index contributed by atoms with van der Waals surface area (Å²) in [6, 6.07) is 8.40. The molecular formula is C17H18ClN3O3S. The summed E-state index contributed by atoms with van der Waals surface area (Å²) >= 11 is 5.91. The maximum absolute atomic E-state index is 12.5. The first-order valence-corrected chi connectivity index (χ1v) is 9.52. The first-order chi connectivity index (χ1) is 11.9. The normalized spacial score (nSPS) is 11.8. The lowest BCUT2D eigenvalue weighted by molar-refractivity contribution is 0.402. The zero-order valence-electron chi connectivity index (χ0n) is 13.9. The Bertz CT molecular complexity index is 1020. The molecule has 3 aromatic rings. The van der Waals surface area contributed by atoms with Gasteiger partial charge in [-0.3, -0.25) is 0 Å². The van der Waals surface area contributed by atoms with Crippen molar-refractivity contribution >= 4 is 27.3 Å². The van der Waals surface area contributed by atoms with Gasteiger partial charge in [-0.05, 0) is 36.8 Å². The molecule has 25 heavy (non-hydrogen) atoms. The molecule has 1 aromatic carbocycles. The summed E-state index contributed by atoms with van der Waals surface area (Å²) < 4.78 is 34.6. The van der Waals surface area contributed by atoms with Gasteiger partial charge in [-0.2, -0.15) is 0 Å².